The highest BCUT2D eigenvalue weighted by Crippen LogP contribution is 2.31. The molecule has 1 aliphatic rings. The molecular formula is C26H30N4O2. The summed E-state index contributed by atoms with van der Waals surface area (Å²) in [5, 5.41) is 0. The van der Waals surface area contributed by atoms with Gasteiger partial charge in [0.05, 0.1) is 5.56 Å². The van der Waals surface area contributed by atoms with E-state index in [0.29, 0.717) is 23.5 Å². The number of para-hydroxylation sites is 1. The summed E-state index contributed by atoms with van der Waals surface area (Å²) < 4.78 is 5.74. The maximum Gasteiger partial charge on any atom is 0.192 e. The van der Waals surface area contributed by atoms with Crippen molar-refractivity contribution < 1.29 is 9.53 Å². The van der Waals surface area contributed by atoms with Crippen molar-refractivity contribution in [3.05, 3.63) is 60.9 Å². The first-order valence-electron chi connectivity index (χ1n) is 10.7. The minimum atomic E-state index is 0.360. The van der Waals surface area contributed by atoms with Gasteiger partial charge in [-0.15, -0.1) is 0 Å². The van der Waals surface area contributed by atoms with Crippen molar-refractivity contribution in [3.63, 3.8) is 0 Å². The number of nitrogen functional groups attached to an aromatic ring is 2. The summed E-state index contributed by atoms with van der Waals surface area (Å²) in [6, 6.07) is 17.1. The van der Waals surface area contributed by atoms with Crippen LogP contribution in [0.25, 0.3) is 11.1 Å². The smallest absolute Gasteiger partial charge is 0.192 e. The van der Waals surface area contributed by atoms with Crippen LogP contribution in [0.1, 0.15) is 45.4 Å². The second kappa shape index (κ2) is 14.2. The van der Waals surface area contributed by atoms with Gasteiger partial charge in [-0.3, -0.25) is 4.79 Å². The number of aldehydes is 1. The fourth-order valence-electron chi connectivity index (χ4n) is 3.14. The summed E-state index contributed by atoms with van der Waals surface area (Å²) in [6.45, 7) is 1.62. The van der Waals surface area contributed by atoms with Gasteiger partial charge in [-0.05, 0) is 42.7 Å². The number of carbonyl (C=O) groups excluding carboxylic acids is 1. The fourth-order valence-corrected chi connectivity index (χ4v) is 3.14. The highest BCUT2D eigenvalue weighted by atomic mass is 16.5. The number of anilines is 2. The number of ether oxygens (including phenoxy) is 1. The molecular weight excluding hydrogens is 400 g/mol. The van der Waals surface area contributed by atoms with E-state index in [2.05, 4.69) is 21.8 Å². The lowest BCUT2D eigenvalue weighted by Crippen LogP contribution is -2.01. The second-order valence-corrected chi connectivity index (χ2v) is 7.09. The van der Waals surface area contributed by atoms with Gasteiger partial charge in [0, 0.05) is 0 Å². The molecule has 32 heavy (non-hydrogen) atoms. The van der Waals surface area contributed by atoms with Crippen LogP contribution >= 0.6 is 0 Å². The number of nitrogens with two attached hydrogens (primary N) is 2. The molecule has 0 aliphatic heterocycles. The molecule has 1 heterocycles. The van der Waals surface area contributed by atoms with Crippen LogP contribution in [-0.2, 0) is 4.79 Å². The van der Waals surface area contributed by atoms with Gasteiger partial charge < -0.3 is 16.2 Å². The van der Waals surface area contributed by atoms with Crippen molar-refractivity contribution in [2.45, 2.75) is 45.4 Å². The summed E-state index contributed by atoms with van der Waals surface area (Å²) in [5.74, 6) is 6.82. The quantitative estimate of drug-likeness (QED) is 0.411. The molecule has 4 rings (SSSR count). The molecule has 6 nitrogen and oxygen atoms in total. The lowest BCUT2D eigenvalue weighted by Gasteiger charge is -2.09. The Morgan fingerprint density at radius 3 is 1.75 bits per heavy atom. The van der Waals surface area contributed by atoms with Crippen molar-refractivity contribution in [1.29, 1.82) is 0 Å². The van der Waals surface area contributed by atoms with Gasteiger partial charge in [0.1, 0.15) is 29.5 Å². The van der Waals surface area contributed by atoms with Crippen molar-refractivity contribution in [2.75, 3.05) is 11.5 Å². The number of nitrogens with zero attached hydrogens (tertiary/aromatic N) is 2. The maximum absolute atomic E-state index is 9.23. The average Bonchev–Trinajstić information content (AvgIpc) is 2.83. The van der Waals surface area contributed by atoms with Crippen LogP contribution in [0.2, 0.25) is 0 Å². The third-order valence-electron chi connectivity index (χ3n) is 4.73. The van der Waals surface area contributed by atoms with E-state index >= 15 is 0 Å². The fraction of sp³-hybridized carbons (Fsp3) is 0.269. The van der Waals surface area contributed by atoms with Gasteiger partial charge in [-0.1, -0.05) is 74.8 Å². The Morgan fingerprint density at radius 2 is 1.31 bits per heavy atom. The number of benzene rings is 2. The number of hydrogen-bond acceptors (Lipinski definition) is 6. The zero-order chi connectivity index (χ0) is 23.0. The molecule has 1 fully saturated rings. The van der Waals surface area contributed by atoms with Gasteiger partial charge in [0.25, 0.3) is 0 Å². The minimum Gasteiger partial charge on any atom is -0.457 e. The topological polar surface area (TPSA) is 104 Å². The third-order valence-corrected chi connectivity index (χ3v) is 4.73. The van der Waals surface area contributed by atoms with E-state index in [-0.39, 0.29) is 0 Å². The zero-order valence-electron chi connectivity index (χ0n) is 18.5. The number of hydrogen-bond donors (Lipinski definition) is 2. The molecule has 0 saturated heterocycles. The van der Waals surface area contributed by atoms with Crippen molar-refractivity contribution in [2.24, 2.45) is 0 Å². The second-order valence-electron chi connectivity index (χ2n) is 7.09. The summed E-state index contributed by atoms with van der Waals surface area (Å²) in [4.78, 5) is 17.2. The number of aromatic nitrogens is 2. The van der Waals surface area contributed by atoms with Crippen molar-refractivity contribution in [3.8, 4) is 34.5 Å². The van der Waals surface area contributed by atoms with Gasteiger partial charge in [-0.25, -0.2) is 9.97 Å². The Kier molecular flexibility index (Phi) is 10.8. The zero-order valence-corrected chi connectivity index (χ0v) is 18.5. The van der Waals surface area contributed by atoms with Crippen LogP contribution in [0.3, 0.4) is 0 Å². The Hall–Kier alpha value is -3.85. The van der Waals surface area contributed by atoms with Gasteiger partial charge >= 0.3 is 0 Å². The molecule has 0 amide bonds. The van der Waals surface area contributed by atoms with Crippen LogP contribution in [0.15, 0.2) is 60.9 Å². The Bertz CT molecular complexity index is 974. The molecule has 0 bridgehead atoms. The molecule has 0 spiro atoms. The first kappa shape index (κ1) is 24.4. The maximum atomic E-state index is 9.23. The highest BCUT2D eigenvalue weighted by Gasteiger charge is 2.09. The van der Waals surface area contributed by atoms with E-state index in [1.165, 1.54) is 44.9 Å². The molecule has 166 valence electrons. The molecule has 1 saturated carbocycles. The molecule has 1 aromatic heterocycles. The highest BCUT2D eigenvalue weighted by molar-refractivity contribution is 5.82. The number of rotatable bonds is 3. The number of carbonyl (C=O) groups is 1. The Morgan fingerprint density at radius 1 is 0.812 bits per heavy atom. The van der Waals surface area contributed by atoms with E-state index < -0.39 is 0 Å². The molecule has 2 aromatic carbocycles. The average molecular weight is 431 g/mol. The van der Waals surface area contributed by atoms with E-state index in [9.17, 15) is 4.79 Å². The van der Waals surface area contributed by atoms with E-state index in [4.69, 9.17) is 16.2 Å². The van der Waals surface area contributed by atoms with E-state index in [0.717, 1.165) is 17.1 Å². The third kappa shape index (κ3) is 8.49. The minimum absolute atomic E-state index is 0.360. The van der Waals surface area contributed by atoms with Crippen LogP contribution < -0.4 is 16.2 Å². The lowest BCUT2D eigenvalue weighted by molar-refractivity contribution is -0.103. The van der Waals surface area contributed by atoms with Gasteiger partial charge in [0.15, 0.2) is 6.29 Å². The van der Waals surface area contributed by atoms with Crippen LogP contribution in [-0.4, -0.2) is 16.3 Å². The summed E-state index contributed by atoms with van der Waals surface area (Å²) in [6.07, 6.45) is 10.9. The first-order chi connectivity index (χ1) is 15.7. The van der Waals surface area contributed by atoms with Crippen LogP contribution in [0.4, 0.5) is 11.6 Å². The SMILES string of the molecule is C1CCCCC1.CC#CC=O.Nc1ncnc(N)c1-c1ccc(Oc2ccccc2)cc1. The molecule has 0 radical (unpaired) electrons. The largest absolute Gasteiger partial charge is 0.457 e. The molecule has 6 heteroatoms. The first-order valence-corrected chi connectivity index (χ1v) is 10.7. The monoisotopic (exact) mass is 430 g/mol. The standard InChI is InChI=1S/C16H14N4O.C6H12.C4H4O/c17-15-14(16(18)20-10-19-15)11-6-8-13(9-7-11)21-12-4-2-1-3-5-12;1-2-4-6-5-3-1;1-2-3-4-5/h1-10H,(H4,17,18,19,20);1-6H2;4H,1H3. The van der Waals surface area contributed by atoms with Gasteiger partial charge in [-0.2, -0.15) is 0 Å². The molecule has 0 unspecified atom stereocenters. The Balaban J connectivity index is 0.000000272. The Labute approximate surface area is 190 Å². The predicted molar refractivity (Wildman–Crippen MR) is 130 cm³/mol. The van der Waals surface area contributed by atoms with E-state index in [1.54, 1.807) is 6.92 Å². The van der Waals surface area contributed by atoms with E-state index in [1.807, 2.05) is 54.6 Å². The van der Waals surface area contributed by atoms with Crippen LogP contribution in [0.5, 0.6) is 11.5 Å². The summed E-state index contributed by atoms with van der Waals surface area (Å²) in [5.41, 5.74) is 13.2. The van der Waals surface area contributed by atoms with Crippen molar-refractivity contribution >= 4 is 17.9 Å². The predicted octanol–water partition coefficient (Wildman–Crippen LogP) is 5.65. The lowest BCUT2D eigenvalue weighted by atomic mass is 10.0. The molecule has 4 N–H and O–H groups in total. The summed E-state index contributed by atoms with van der Waals surface area (Å²) in [7, 11) is 0. The molecule has 3 aromatic rings. The van der Waals surface area contributed by atoms with Gasteiger partial charge in [0.2, 0.25) is 0 Å². The molecule has 1 aliphatic carbocycles. The van der Waals surface area contributed by atoms with Crippen LogP contribution in [0, 0.1) is 11.8 Å². The van der Waals surface area contributed by atoms with Crippen molar-refractivity contribution in [1.82, 2.24) is 9.97 Å². The normalized spacial score (nSPS) is 11.9. The molecule has 0 atom stereocenters. The summed E-state index contributed by atoms with van der Waals surface area (Å²) >= 11 is 0.